The Bertz CT molecular complexity index is 515. The summed E-state index contributed by atoms with van der Waals surface area (Å²) in [6.07, 6.45) is 0.781. The summed E-state index contributed by atoms with van der Waals surface area (Å²) < 4.78 is 1.52. The van der Waals surface area contributed by atoms with Crippen molar-refractivity contribution in [3.05, 3.63) is 35.4 Å². The molecule has 3 nitrogen and oxygen atoms in total. The Labute approximate surface area is 95.3 Å². The highest BCUT2D eigenvalue weighted by molar-refractivity contribution is 5.65. The molecule has 0 spiro atoms. The molecule has 0 radical (unpaired) electrons. The second-order valence-corrected chi connectivity index (χ2v) is 4.00. The van der Waals surface area contributed by atoms with E-state index in [-0.39, 0.29) is 5.88 Å². The van der Waals surface area contributed by atoms with Crippen LogP contribution in [0.25, 0.3) is 11.3 Å². The molecule has 1 N–H and O–H groups in total. The van der Waals surface area contributed by atoms with E-state index in [4.69, 9.17) is 0 Å². The summed E-state index contributed by atoms with van der Waals surface area (Å²) in [5, 5.41) is 14.2. The van der Waals surface area contributed by atoms with Gasteiger partial charge in [0.05, 0.1) is 5.69 Å². The lowest BCUT2D eigenvalue weighted by molar-refractivity contribution is 0.414. The van der Waals surface area contributed by atoms with E-state index in [2.05, 4.69) is 24.2 Å². The van der Waals surface area contributed by atoms with Gasteiger partial charge in [0.15, 0.2) is 0 Å². The Balaban J connectivity index is 2.60. The monoisotopic (exact) mass is 216 g/mol. The molecule has 0 bridgehead atoms. The minimum Gasteiger partial charge on any atom is -0.493 e. The predicted octanol–water partition coefficient (Wildman–Crippen LogP) is 2.66. The third-order valence-corrected chi connectivity index (χ3v) is 2.76. The maximum absolute atomic E-state index is 9.85. The fourth-order valence-electron chi connectivity index (χ4n) is 1.91. The van der Waals surface area contributed by atoms with Crippen LogP contribution in [0.4, 0.5) is 0 Å². The molecule has 0 fully saturated rings. The Kier molecular flexibility index (Phi) is 2.69. The topological polar surface area (TPSA) is 38.0 Å². The van der Waals surface area contributed by atoms with Crippen molar-refractivity contribution >= 4 is 0 Å². The normalized spacial score (nSPS) is 10.7. The van der Waals surface area contributed by atoms with E-state index in [1.54, 1.807) is 7.05 Å². The second kappa shape index (κ2) is 4.00. The lowest BCUT2D eigenvalue weighted by Gasteiger charge is -2.01. The summed E-state index contributed by atoms with van der Waals surface area (Å²) in [6, 6.07) is 8.17. The van der Waals surface area contributed by atoms with Gasteiger partial charge in [-0.2, -0.15) is 5.10 Å². The quantitative estimate of drug-likeness (QED) is 0.838. The molecule has 3 heteroatoms. The molecular formula is C13H16N2O. The average Bonchev–Trinajstić information content (AvgIpc) is 2.55. The molecule has 0 atom stereocenters. The summed E-state index contributed by atoms with van der Waals surface area (Å²) in [5.74, 6) is 0.263. The molecule has 0 amide bonds. The molecule has 0 aliphatic heterocycles. The van der Waals surface area contributed by atoms with Gasteiger partial charge in [-0.3, -0.25) is 0 Å². The zero-order valence-electron chi connectivity index (χ0n) is 9.86. The van der Waals surface area contributed by atoms with Crippen LogP contribution in [0.1, 0.15) is 18.1 Å². The molecule has 0 unspecified atom stereocenters. The third kappa shape index (κ3) is 1.69. The van der Waals surface area contributed by atoms with Crippen LogP contribution in [0.3, 0.4) is 0 Å². The van der Waals surface area contributed by atoms with Gasteiger partial charge in [-0.25, -0.2) is 4.68 Å². The largest absolute Gasteiger partial charge is 0.493 e. The summed E-state index contributed by atoms with van der Waals surface area (Å²) in [6.45, 7) is 4.08. The number of rotatable bonds is 2. The summed E-state index contributed by atoms with van der Waals surface area (Å²) in [4.78, 5) is 0. The van der Waals surface area contributed by atoms with E-state index in [0.717, 1.165) is 23.2 Å². The predicted molar refractivity (Wildman–Crippen MR) is 64.4 cm³/mol. The fraction of sp³-hybridized carbons (Fsp3) is 0.308. The van der Waals surface area contributed by atoms with Crippen molar-refractivity contribution in [3.63, 3.8) is 0 Å². The van der Waals surface area contributed by atoms with E-state index in [0.29, 0.717) is 0 Å². The highest BCUT2D eigenvalue weighted by atomic mass is 16.3. The van der Waals surface area contributed by atoms with Crippen molar-refractivity contribution in [2.24, 2.45) is 7.05 Å². The van der Waals surface area contributed by atoms with E-state index in [1.165, 1.54) is 10.2 Å². The third-order valence-electron chi connectivity index (χ3n) is 2.76. The van der Waals surface area contributed by atoms with Gasteiger partial charge in [0, 0.05) is 18.2 Å². The Morgan fingerprint density at radius 3 is 2.75 bits per heavy atom. The second-order valence-electron chi connectivity index (χ2n) is 4.00. The van der Waals surface area contributed by atoms with Gasteiger partial charge in [0.25, 0.3) is 0 Å². The first kappa shape index (κ1) is 10.7. The van der Waals surface area contributed by atoms with Gasteiger partial charge in [-0.05, 0) is 19.4 Å². The summed E-state index contributed by atoms with van der Waals surface area (Å²) in [7, 11) is 1.76. The molecule has 0 aliphatic carbocycles. The lowest BCUT2D eigenvalue weighted by atomic mass is 10.0. The molecule has 2 aromatic rings. The number of aryl methyl sites for hydroxylation is 2. The van der Waals surface area contributed by atoms with Crippen LogP contribution >= 0.6 is 0 Å². The highest BCUT2D eigenvalue weighted by Gasteiger charge is 2.14. The minimum atomic E-state index is 0.263. The molecule has 0 saturated heterocycles. The molecule has 0 aliphatic rings. The van der Waals surface area contributed by atoms with Gasteiger partial charge in [-0.1, -0.05) is 30.7 Å². The van der Waals surface area contributed by atoms with Crippen LogP contribution in [0.2, 0.25) is 0 Å². The van der Waals surface area contributed by atoms with Crippen molar-refractivity contribution < 1.29 is 5.11 Å². The Morgan fingerprint density at radius 1 is 1.38 bits per heavy atom. The number of benzene rings is 1. The van der Waals surface area contributed by atoms with E-state index in [1.807, 2.05) is 19.1 Å². The molecular weight excluding hydrogens is 200 g/mol. The van der Waals surface area contributed by atoms with E-state index < -0.39 is 0 Å². The summed E-state index contributed by atoms with van der Waals surface area (Å²) >= 11 is 0. The highest BCUT2D eigenvalue weighted by Crippen LogP contribution is 2.29. The molecule has 1 heterocycles. The van der Waals surface area contributed by atoms with Crippen LogP contribution in [0, 0.1) is 6.92 Å². The van der Waals surface area contributed by atoms with Gasteiger partial charge < -0.3 is 5.11 Å². The first-order chi connectivity index (χ1) is 7.63. The minimum absolute atomic E-state index is 0.263. The number of nitrogens with zero attached hydrogens (tertiary/aromatic N) is 2. The summed E-state index contributed by atoms with van der Waals surface area (Å²) in [5.41, 5.74) is 4.05. The maximum Gasteiger partial charge on any atom is 0.212 e. The molecule has 16 heavy (non-hydrogen) atoms. The van der Waals surface area contributed by atoms with Gasteiger partial charge in [-0.15, -0.1) is 0 Å². The smallest absolute Gasteiger partial charge is 0.212 e. The molecule has 0 saturated carbocycles. The molecule has 2 rings (SSSR count). The zero-order valence-corrected chi connectivity index (χ0v) is 9.86. The van der Waals surface area contributed by atoms with Crippen LogP contribution < -0.4 is 0 Å². The SMILES string of the molecule is CCc1c(-c2cccc(C)c2)nn(C)c1O. The molecule has 1 aromatic heterocycles. The van der Waals surface area contributed by atoms with Crippen LogP contribution in [0.15, 0.2) is 24.3 Å². The Morgan fingerprint density at radius 2 is 2.12 bits per heavy atom. The molecule has 1 aromatic carbocycles. The van der Waals surface area contributed by atoms with Crippen molar-refractivity contribution in [3.8, 4) is 17.1 Å². The number of hydrogen-bond acceptors (Lipinski definition) is 2. The van der Waals surface area contributed by atoms with Crippen LogP contribution in [0.5, 0.6) is 5.88 Å². The first-order valence-corrected chi connectivity index (χ1v) is 5.45. The standard InChI is InChI=1S/C13H16N2O/c1-4-11-12(14-15(3)13(11)16)10-7-5-6-9(2)8-10/h5-8,16H,4H2,1-3H3. The Hall–Kier alpha value is -1.77. The van der Waals surface area contributed by atoms with Crippen molar-refractivity contribution in [2.75, 3.05) is 0 Å². The van der Waals surface area contributed by atoms with Crippen LogP contribution in [-0.4, -0.2) is 14.9 Å². The van der Waals surface area contributed by atoms with Crippen molar-refractivity contribution in [2.45, 2.75) is 20.3 Å². The maximum atomic E-state index is 9.85. The lowest BCUT2D eigenvalue weighted by Crippen LogP contribution is -1.89. The zero-order chi connectivity index (χ0) is 11.7. The van der Waals surface area contributed by atoms with Crippen LogP contribution in [-0.2, 0) is 13.5 Å². The van der Waals surface area contributed by atoms with Gasteiger partial charge in [0.2, 0.25) is 5.88 Å². The molecule has 84 valence electrons. The number of aromatic nitrogens is 2. The van der Waals surface area contributed by atoms with Crippen molar-refractivity contribution in [1.29, 1.82) is 0 Å². The van der Waals surface area contributed by atoms with E-state index in [9.17, 15) is 5.11 Å². The van der Waals surface area contributed by atoms with Gasteiger partial charge >= 0.3 is 0 Å². The van der Waals surface area contributed by atoms with Crippen molar-refractivity contribution in [1.82, 2.24) is 9.78 Å². The van der Waals surface area contributed by atoms with E-state index >= 15 is 0 Å². The fourth-order valence-corrected chi connectivity index (χ4v) is 1.91. The average molecular weight is 216 g/mol. The first-order valence-electron chi connectivity index (χ1n) is 5.45. The number of hydrogen-bond donors (Lipinski definition) is 1. The number of aromatic hydroxyl groups is 1. The van der Waals surface area contributed by atoms with Gasteiger partial charge in [0.1, 0.15) is 0 Å².